The molecule has 0 spiro atoms. The number of rotatable bonds is 5. The van der Waals surface area contributed by atoms with Crippen molar-refractivity contribution >= 4 is 10.0 Å². The molecule has 0 amide bonds. The van der Waals surface area contributed by atoms with Gasteiger partial charge in [-0.3, -0.25) is 4.98 Å². The van der Waals surface area contributed by atoms with Gasteiger partial charge in [0.05, 0.1) is 12.0 Å². The topological polar surface area (TPSA) is 68.3 Å². The molecule has 2 aromatic rings. The van der Waals surface area contributed by atoms with Gasteiger partial charge in [0.25, 0.3) is 0 Å². The first-order valence-corrected chi connectivity index (χ1v) is 7.96. The lowest BCUT2D eigenvalue weighted by Gasteiger charge is -2.13. The number of aryl methyl sites for hydroxylation is 2. The van der Waals surface area contributed by atoms with Crippen molar-refractivity contribution in [3.63, 3.8) is 0 Å². The van der Waals surface area contributed by atoms with E-state index in [1.165, 1.54) is 7.11 Å². The molecule has 0 aliphatic rings. The number of nitrogens with zero attached hydrogens (tertiary/aromatic N) is 1. The molecular formula is C15H18N2O3S. The quantitative estimate of drug-likeness (QED) is 0.919. The van der Waals surface area contributed by atoms with E-state index in [9.17, 15) is 8.42 Å². The first kappa shape index (κ1) is 15.5. The summed E-state index contributed by atoms with van der Waals surface area (Å²) >= 11 is 0. The maximum absolute atomic E-state index is 12.4. The summed E-state index contributed by atoms with van der Waals surface area (Å²) in [6, 6.07) is 6.90. The van der Waals surface area contributed by atoms with E-state index in [-0.39, 0.29) is 11.4 Å². The number of pyridine rings is 1. The van der Waals surface area contributed by atoms with Crippen molar-refractivity contribution in [1.82, 2.24) is 9.71 Å². The van der Waals surface area contributed by atoms with E-state index in [0.717, 1.165) is 11.1 Å². The monoisotopic (exact) mass is 306 g/mol. The molecule has 0 aliphatic carbocycles. The molecule has 0 bridgehead atoms. The summed E-state index contributed by atoms with van der Waals surface area (Å²) in [5, 5.41) is 0. The van der Waals surface area contributed by atoms with Crippen molar-refractivity contribution in [2.24, 2.45) is 0 Å². The second kappa shape index (κ2) is 6.24. The van der Waals surface area contributed by atoms with E-state index >= 15 is 0 Å². The Morgan fingerprint density at radius 2 is 1.81 bits per heavy atom. The van der Waals surface area contributed by atoms with Crippen LogP contribution in [0.5, 0.6) is 5.75 Å². The van der Waals surface area contributed by atoms with E-state index in [2.05, 4.69) is 9.71 Å². The number of ether oxygens (including phenoxy) is 1. The largest absolute Gasteiger partial charge is 0.496 e. The van der Waals surface area contributed by atoms with Crippen LogP contribution in [-0.2, 0) is 16.6 Å². The molecule has 0 saturated heterocycles. The van der Waals surface area contributed by atoms with Gasteiger partial charge in [0.1, 0.15) is 5.75 Å². The normalized spacial score (nSPS) is 11.4. The van der Waals surface area contributed by atoms with E-state index in [1.54, 1.807) is 43.6 Å². The molecule has 1 aromatic heterocycles. The minimum atomic E-state index is -3.59. The summed E-state index contributed by atoms with van der Waals surface area (Å²) in [7, 11) is -2.06. The Balaban J connectivity index is 2.27. The lowest BCUT2D eigenvalue weighted by molar-refractivity contribution is 0.410. The molecule has 2 rings (SSSR count). The van der Waals surface area contributed by atoms with Gasteiger partial charge in [-0.25, -0.2) is 13.1 Å². The van der Waals surface area contributed by atoms with Crippen LogP contribution in [0.1, 0.15) is 16.7 Å². The first-order valence-electron chi connectivity index (χ1n) is 6.48. The standard InChI is InChI=1S/C15H18N2O3S/c1-11-8-12(2)15(9-14(11)20-3)21(18,19)17-10-13-4-6-16-7-5-13/h4-9,17H,10H2,1-3H3. The van der Waals surface area contributed by atoms with Crippen LogP contribution in [-0.4, -0.2) is 20.5 Å². The SMILES string of the molecule is COc1cc(S(=O)(=O)NCc2ccncc2)c(C)cc1C. The average Bonchev–Trinajstić information content (AvgIpc) is 2.46. The molecule has 6 heteroatoms. The summed E-state index contributed by atoms with van der Waals surface area (Å²) in [6.07, 6.45) is 3.26. The van der Waals surface area contributed by atoms with Crippen molar-refractivity contribution in [1.29, 1.82) is 0 Å². The van der Waals surface area contributed by atoms with Gasteiger partial charge in [-0.2, -0.15) is 0 Å². The Hall–Kier alpha value is -1.92. The third kappa shape index (κ3) is 3.59. The Bertz CT molecular complexity index is 728. The van der Waals surface area contributed by atoms with Crippen LogP contribution in [0.2, 0.25) is 0 Å². The zero-order valence-corrected chi connectivity index (χ0v) is 13.1. The van der Waals surface area contributed by atoms with Crippen molar-refractivity contribution in [2.75, 3.05) is 7.11 Å². The van der Waals surface area contributed by atoms with Gasteiger partial charge >= 0.3 is 0 Å². The molecule has 0 radical (unpaired) electrons. The molecule has 112 valence electrons. The fourth-order valence-electron chi connectivity index (χ4n) is 2.08. The van der Waals surface area contributed by atoms with Crippen LogP contribution < -0.4 is 9.46 Å². The smallest absolute Gasteiger partial charge is 0.241 e. The van der Waals surface area contributed by atoms with Gasteiger partial charge in [-0.05, 0) is 42.7 Å². The Labute approximate surface area is 125 Å². The summed E-state index contributed by atoms with van der Waals surface area (Å²) in [4.78, 5) is 4.14. The summed E-state index contributed by atoms with van der Waals surface area (Å²) in [5.41, 5.74) is 2.45. The lowest BCUT2D eigenvalue weighted by Crippen LogP contribution is -2.24. The number of hydrogen-bond donors (Lipinski definition) is 1. The highest BCUT2D eigenvalue weighted by molar-refractivity contribution is 7.89. The second-order valence-electron chi connectivity index (χ2n) is 4.77. The number of benzene rings is 1. The molecule has 0 atom stereocenters. The highest BCUT2D eigenvalue weighted by atomic mass is 32.2. The van der Waals surface area contributed by atoms with Crippen LogP contribution >= 0.6 is 0 Å². The van der Waals surface area contributed by atoms with E-state index in [0.29, 0.717) is 11.3 Å². The molecule has 1 N–H and O–H groups in total. The number of nitrogens with one attached hydrogen (secondary N) is 1. The molecule has 1 heterocycles. The minimum Gasteiger partial charge on any atom is -0.496 e. The zero-order valence-electron chi connectivity index (χ0n) is 12.3. The highest BCUT2D eigenvalue weighted by Gasteiger charge is 2.18. The maximum atomic E-state index is 12.4. The molecule has 0 fully saturated rings. The lowest BCUT2D eigenvalue weighted by atomic mass is 10.1. The van der Waals surface area contributed by atoms with Crippen molar-refractivity contribution in [3.8, 4) is 5.75 Å². The van der Waals surface area contributed by atoms with E-state index in [4.69, 9.17) is 4.74 Å². The van der Waals surface area contributed by atoms with Gasteiger partial charge in [0.15, 0.2) is 0 Å². The zero-order chi connectivity index (χ0) is 15.5. The molecule has 1 aromatic carbocycles. The van der Waals surface area contributed by atoms with Gasteiger partial charge < -0.3 is 4.74 Å². The van der Waals surface area contributed by atoms with Gasteiger partial charge in [0, 0.05) is 25.0 Å². The van der Waals surface area contributed by atoms with E-state index in [1.807, 2.05) is 6.92 Å². The number of hydrogen-bond acceptors (Lipinski definition) is 4. The van der Waals surface area contributed by atoms with Crippen LogP contribution in [0.4, 0.5) is 0 Å². The molecular weight excluding hydrogens is 288 g/mol. The third-order valence-corrected chi connectivity index (χ3v) is 4.74. The predicted octanol–water partition coefficient (Wildman–Crippen LogP) is 2.19. The number of sulfonamides is 1. The maximum Gasteiger partial charge on any atom is 0.241 e. The fourth-order valence-corrected chi connectivity index (χ4v) is 3.34. The molecule has 0 unspecified atom stereocenters. The average molecular weight is 306 g/mol. The number of aromatic nitrogens is 1. The molecule has 0 saturated carbocycles. The Morgan fingerprint density at radius 3 is 2.43 bits per heavy atom. The van der Waals surface area contributed by atoms with Crippen molar-refractivity contribution < 1.29 is 13.2 Å². The summed E-state index contributed by atoms with van der Waals surface area (Å²) < 4.78 is 32.6. The first-order chi connectivity index (χ1) is 9.94. The third-order valence-electron chi connectivity index (χ3n) is 3.20. The Kier molecular flexibility index (Phi) is 4.59. The van der Waals surface area contributed by atoms with Crippen LogP contribution in [0, 0.1) is 13.8 Å². The van der Waals surface area contributed by atoms with E-state index < -0.39 is 10.0 Å². The fraction of sp³-hybridized carbons (Fsp3) is 0.267. The van der Waals surface area contributed by atoms with Crippen molar-refractivity contribution in [2.45, 2.75) is 25.3 Å². The predicted molar refractivity (Wildman–Crippen MR) is 80.7 cm³/mol. The highest BCUT2D eigenvalue weighted by Crippen LogP contribution is 2.25. The summed E-state index contributed by atoms with van der Waals surface area (Å²) in [5.74, 6) is 0.560. The Morgan fingerprint density at radius 1 is 1.14 bits per heavy atom. The molecule has 5 nitrogen and oxygen atoms in total. The van der Waals surface area contributed by atoms with Gasteiger partial charge in [0.2, 0.25) is 10.0 Å². The van der Waals surface area contributed by atoms with Crippen molar-refractivity contribution in [3.05, 3.63) is 53.3 Å². The summed E-state index contributed by atoms with van der Waals surface area (Å²) in [6.45, 7) is 3.88. The number of methoxy groups -OCH3 is 1. The molecule has 0 aliphatic heterocycles. The van der Waals surface area contributed by atoms with Crippen LogP contribution in [0.3, 0.4) is 0 Å². The van der Waals surface area contributed by atoms with Gasteiger partial charge in [-0.1, -0.05) is 6.07 Å². The minimum absolute atomic E-state index is 0.223. The van der Waals surface area contributed by atoms with Crippen LogP contribution in [0.15, 0.2) is 41.6 Å². The van der Waals surface area contributed by atoms with Crippen LogP contribution in [0.25, 0.3) is 0 Å². The second-order valence-corrected chi connectivity index (χ2v) is 6.50. The molecule has 21 heavy (non-hydrogen) atoms. The van der Waals surface area contributed by atoms with Gasteiger partial charge in [-0.15, -0.1) is 0 Å².